The predicted molar refractivity (Wildman–Crippen MR) is 145 cm³/mol. The van der Waals surface area contributed by atoms with Gasteiger partial charge in [0.15, 0.2) is 11.9 Å². The van der Waals surface area contributed by atoms with Crippen LogP contribution in [0.4, 0.5) is 16.2 Å². The third-order valence-electron chi connectivity index (χ3n) is 6.47. The lowest BCUT2D eigenvalue weighted by molar-refractivity contribution is -0.0421. The van der Waals surface area contributed by atoms with Gasteiger partial charge in [-0.3, -0.25) is 4.57 Å². The number of anilines is 2. The van der Waals surface area contributed by atoms with E-state index in [0.29, 0.717) is 48.6 Å². The smallest absolute Gasteiger partial charge is 0.319 e. The molecule has 0 spiro atoms. The summed E-state index contributed by atoms with van der Waals surface area (Å²) >= 11 is 1.54. The highest BCUT2D eigenvalue weighted by atomic mass is 32.1. The Bertz CT molecular complexity index is 1360. The quantitative estimate of drug-likeness (QED) is 0.200. The molecule has 200 valence electrons. The summed E-state index contributed by atoms with van der Waals surface area (Å²) in [6.45, 7) is 1.52. The number of nitrogen functional groups attached to an aromatic ring is 1. The molecule has 1 aliphatic heterocycles. The Balaban J connectivity index is 1.05. The van der Waals surface area contributed by atoms with E-state index in [1.54, 1.807) is 22.3 Å². The highest BCUT2D eigenvalue weighted by molar-refractivity contribution is 7.07. The van der Waals surface area contributed by atoms with Crippen LogP contribution in [0.5, 0.6) is 0 Å². The molecule has 13 heteroatoms. The molecule has 0 bridgehead atoms. The minimum Gasteiger partial charge on any atom is -0.397 e. The van der Waals surface area contributed by atoms with Crippen LogP contribution in [0.2, 0.25) is 0 Å². The molecule has 5 rings (SSSR count). The summed E-state index contributed by atoms with van der Waals surface area (Å²) in [6, 6.07) is 8.89. The zero-order valence-electron chi connectivity index (χ0n) is 20.8. The number of rotatable bonds is 9. The summed E-state index contributed by atoms with van der Waals surface area (Å²) < 4.78 is 7.60. The van der Waals surface area contributed by atoms with Crippen LogP contribution >= 0.6 is 11.3 Å². The molecule has 1 fully saturated rings. The van der Waals surface area contributed by atoms with Crippen LogP contribution in [-0.2, 0) is 4.74 Å². The fourth-order valence-corrected chi connectivity index (χ4v) is 5.01. The highest BCUT2D eigenvalue weighted by Gasteiger charge is 2.44. The number of hydrogen-bond acceptors (Lipinski definition) is 10. The van der Waals surface area contributed by atoms with Crippen molar-refractivity contribution in [3.8, 4) is 11.3 Å². The molecule has 6 N–H and O–H groups in total. The van der Waals surface area contributed by atoms with Gasteiger partial charge in [0, 0.05) is 35.9 Å². The van der Waals surface area contributed by atoms with E-state index in [-0.39, 0.29) is 6.03 Å². The number of hydrogen-bond donors (Lipinski definition) is 5. The van der Waals surface area contributed by atoms with Gasteiger partial charge in [-0.05, 0) is 38.2 Å². The lowest BCUT2D eigenvalue weighted by atomic mass is 10.1. The number of likely N-dealkylation sites (N-methyl/N-ethyl adjacent to an activating group) is 1. The van der Waals surface area contributed by atoms with Crippen LogP contribution in [0.1, 0.15) is 12.6 Å². The SMILES string of the molecule is CN(CCCNC(=O)Nc1ccc(-c2cscn2)cc1)C[C@H]1O[C@@H](n2cnc3c(N)ccnc32)C(O)C1O. The van der Waals surface area contributed by atoms with Gasteiger partial charge >= 0.3 is 6.03 Å². The highest BCUT2D eigenvalue weighted by Crippen LogP contribution is 2.32. The maximum atomic E-state index is 12.2. The van der Waals surface area contributed by atoms with Crippen molar-refractivity contribution in [1.82, 2.24) is 29.7 Å². The minimum atomic E-state index is -1.14. The molecule has 1 saturated heterocycles. The lowest BCUT2D eigenvalue weighted by Crippen LogP contribution is -2.39. The Labute approximate surface area is 223 Å². The normalized spacial score (nSPS) is 21.3. The number of fused-ring (bicyclic) bond motifs is 1. The standard InChI is InChI=1S/C25H30N8O4S/c1-32(10-2-8-28-25(36)31-16-5-3-15(4-6-16)18-12-38-14-30-18)11-19-21(34)22(35)24(37-19)33-13-29-20-17(26)7-9-27-23(20)33/h3-7,9,12-14,19,21-22,24,34-35H,2,8,10-11H2,1H3,(H2,26,27)(H2,28,31,36)/t19-,21?,22?,24-/m1/s1. The van der Waals surface area contributed by atoms with Crippen LogP contribution < -0.4 is 16.4 Å². The van der Waals surface area contributed by atoms with Gasteiger partial charge in [0.05, 0.1) is 23.2 Å². The molecule has 0 radical (unpaired) electrons. The zero-order valence-corrected chi connectivity index (χ0v) is 21.6. The molecule has 4 heterocycles. The van der Waals surface area contributed by atoms with Gasteiger partial charge in [0.2, 0.25) is 0 Å². The first-order valence-electron chi connectivity index (χ1n) is 12.2. The number of carbonyl (C=O) groups excluding carboxylic acids is 1. The van der Waals surface area contributed by atoms with Crippen molar-refractivity contribution in [3.63, 3.8) is 0 Å². The molecule has 1 aliphatic rings. The first-order valence-corrected chi connectivity index (χ1v) is 13.2. The topological polar surface area (TPSA) is 164 Å². The van der Waals surface area contributed by atoms with Crippen molar-refractivity contribution < 1.29 is 19.7 Å². The summed E-state index contributed by atoms with van der Waals surface area (Å²) in [5, 5.41) is 28.9. The summed E-state index contributed by atoms with van der Waals surface area (Å²) in [4.78, 5) is 27.1. The van der Waals surface area contributed by atoms with Gasteiger partial charge in [0.25, 0.3) is 0 Å². The molecule has 1 aromatic carbocycles. The number of carbonyl (C=O) groups is 1. The van der Waals surface area contributed by atoms with Gasteiger partial charge in [-0.2, -0.15) is 0 Å². The number of thiazole rings is 1. The Morgan fingerprint density at radius 1 is 1.18 bits per heavy atom. The molecular formula is C25H30N8O4S. The van der Waals surface area contributed by atoms with Crippen molar-refractivity contribution in [2.75, 3.05) is 37.7 Å². The first-order chi connectivity index (χ1) is 18.4. The van der Waals surface area contributed by atoms with Gasteiger partial charge in [-0.1, -0.05) is 12.1 Å². The van der Waals surface area contributed by atoms with Crippen molar-refractivity contribution in [3.05, 3.63) is 53.7 Å². The van der Waals surface area contributed by atoms with E-state index in [2.05, 4.69) is 25.6 Å². The fraction of sp³-hybridized carbons (Fsp3) is 0.360. The monoisotopic (exact) mass is 538 g/mol. The molecule has 4 atom stereocenters. The lowest BCUT2D eigenvalue weighted by Gasteiger charge is -2.22. The second kappa shape index (κ2) is 11.4. The number of benzene rings is 1. The van der Waals surface area contributed by atoms with E-state index in [0.717, 1.165) is 11.3 Å². The van der Waals surface area contributed by atoms with Crippen molar-refractivity contribution in [2.45, 2.75) is 31.0 Å². The number of imidazole rings is 1. The molecule has 3 aromatic heterocycles. The fourth-order valence-electron chi connectivity index (χ4n) is 4.45. The number of nitrogens with two attached hydrogens (primary N) is 1. The number of aliphatic hydroxyl groups is 2. The van der Waals surface area contributed by atoms with Crippen molar-refractivity contribution >= 4 is 39.9 Å². The Morgan fingerprint density at radius 3 is 2.76 bits per heavy atom. The van der Waals surface area contributed by atoms with Crippen LogP contribution in [-0.4, -0.2) is 85.7 Å². The molecule has 0 aliphatic carbocycles. The predicted octanol–water partition coefficient (Wildman–Crippen LogP) is 1.90. The molecule has 12 nitrogen and oxygen atoms in total. The van der Waals surface area contributed by atoms with E-state index < -0.39 is 24.5 Å². The van der Waals surface area contributed by atoms with Gasteiger partial charge < -0.3 is 36.2 Å². The Hall–Kier alpha value is -3.62. The number of nitrogens with zero attached hydrogens (tertiary/aromatic N) is 5. The number of pyridine rings is 1. The third kappa shape index (κ3) is 5.61. The number of nitrogens with one attached hydrogen (secondary N) is 2. The van der Waals surface area contributed by atoms with Gasteiger partial charge in [-0.15, -0.1) is 11.3 Å². The Morgan fingerprint density at radius 2 is 2.00 bits per heavy atom. The van der Waals surface area contributed by atoms with E-state index in [9.17, 15) is 15.0 Å². The summed E-state index contributed by atoms with van der Waals surface area (Å²) in [5.74, 6) is 0. The number of aliphatic hydroxyl groups excluding tert-OH is 2. The van der Waals surface area contributed by atoms with Crippen LogP contribution in [0, 0.1) is 0 Å². The van der Waals surface area contributed by atoms with Crippen LogP contribution in [0.25, 0.3) is 22.4 Å². The average molecular weight is 539 g/mol. The Kier molecular flexibility index (Phi) is 7.81. The number of urea groups is 1. The first kappa shape index (κ1) is 26.0. The van der Waals surface area contributed by atoms with E-state index >= 15 is 0 Å². The molecule has 2 amide bonds. The molecule has 38 heavy (non-hydrogen) atoms. The summed E-state index contributed by atoms with van der Waals surface area (Å²) in [6.07, 6.45) is 0.100. The zero-order chi connectivity index (χ0) is 26.6. The van der Waals surface area contributed by atoms with Crippen LogP contribution in [0.15, 0.2) is 53.7 Å². The second-order valence-electron chi connectivity index (χ2n) is 9.22. The second-order valence-corrected chi connectivity index (χ2v) is 9.94. The van der Waals surface area contributed by atoms with Gasteiger partial charge in [-0.25, -0.2) is 19.7 Å². The molecule has 2 unspecified atom stereocenters. The minimum absolute atomic E-state index is 0.281. The maximum absolute atomic E-state index is 12.2. The van der Waals surface area contributed by atoms with Gasteiger partial charge in [0.1, 0.15) is 23.8 Å². The maximum Gasteiger partial charge on any atom is 0.319 e. The van der Waals surface area contributed by atoms with Crippen molar-refractivity contribution in [2.24, 2.45) is 0 Å². The summed E-state index contributed by atoms with van der Waals surface area (Å²) in [5.41, 5.74) is 11.8. The van der Waals surface area contributed by atoms with E-state index in [1.807, 2.05) is 41.6 Å². The molecule has 0 saturated carbocycles. The average Bonchev–Trinajstić information content (AvgIpc) is 3.65. The number of ether oxygens (including phenoxy) is 1. The van der Waals surface area contributed by atoms with E-state index in [1.165, 1.54) is 17.7 Å². The van der Waals surface area contributed by atoms with Crippen LogP contribution in [0.3, 0.4) is 0 Å². The van der Waals surface area contributed by atoms with Crippen molar-refractivity contribution in [1.29, 1.82) is 0 Å². The number of amides is 2. The molecular weight excluding hydrogens is 508 g/mol. The summed E-state index contributed by atoms with van der Waals surface area (Å²) in [7, 11) is 1.90. The number of aromatic nitrogens is 4. The third-order valence-corrected chi connectivity index (χ3v) is 7.05. The molecule has 4 aromatic rings. The van der Waals surface area contributed by atoms with E-state index in [4.69, 9.17) is 10.5 Å². The largest absolute Gasteiger partial charge is 0.397 e.